The molecule has 0 aliphatic heterocycles. The molecule has 0 aliphatic carbocycles. The lowest BCUT2D eigenvalue weighted by Gasteiger charge is -2.13. The normalized spacial score (nSPS) is 12.1. The summed E-state index contributed by atoms with van der Waals surface area (Å²) in [6.07, 6.45) is 1.48. The first kappa shape index (κ1) is 23.3. The second kappa shape index (κ2) is 10.8. The van der Waals surface area contributed by atoms with Crippen LogP contribution in [-0.4, -0.2) is 32.1 Å². The monoisotopic (exact) mass is 474 g/mol. The number of hydrogen-bond donors (Lipinski definition) is 2. The highest BCUT2D eigenvalue weighted by Crippen LogP contribution is 2.26. The van der Waals surface area contributed by atoms with Crippen molar-refractivity contribution in [3.8, 4) is 5.69 Å². The van der Waals surface area contributed by atoms with Gasteiger partial charge in [0, 0.05) is 11.4 Å². The Balaban J connectivity index is 1.47. The summed E-state index contributed by atoms with van der Waals surface area (Å²) in [6, 6.07) is 21.7. The topological polar surface area (TPSA) is 97.3 Å². The number of thioether (sulfide) groups is 1. The Morgan fingerprint density at radius 1 is 1.09 bits per heavy atom. The molecule has 34 heavy (non-hydrogen) atoms. The number of aryl methyl sites for hydroxylation is 2. The predicted octanol–water partition coefficient (Wildman–Crippen LogP) is 4.72. The SMILES string of the molecule is Cc1ccc(NCc2nnc(S[C@@H](C)C(=O)NN=Cc3ccc(C)o3)n2-c2ccccc2)cc1. The van der Waals surface area contributed by atoms with Gasteiger partial charge >= 0.3 is 0 Å². The Hall–Kier alpha value is -3.85. The van der Waals surface area contributed by atoms with E-state index < -0.39 is 5.25 Å². The van der Waals surface area contributed by atoms with Crippen molar-refractivity contribution in [2.45, 2.75) is 37.7 Å². The molecule has 2 heterocycles. The summed E-state index contributed by atoms with van der Waals surface area (Å²) in [5.74, 6) is 1.86. The van der Waals surface area contributed by atoms with Gasteiger partial charge in [-0.2, -0.15) is 5.10 Å². The van der Waals surface area contributed by atoms with Gasteiger partial charge in [-0.25, -0.2) is 5.43 Å². The van der Waals surface area contributed by atoms with Crippen molar-refractivity contribution in [1.82, 2.24) is 20.2 Å². The van der Waals surface area contributed by atoms with Crippen LogP contribution < -0.4 is 10.7 Å². The van der Waals surface area contributed by atoms with Crippen LogP contribution in [0.5, 0.6) is 0 Å². The Morgan fingerprint density at radius 3 is 2.56 bits per heavy atom. The maximum absolute atomic E-state index is 12.6. The molecular weight excluding hydrogens is 448 g/mol. The second-order valence-electron chi connectivity index (χ2n) is 7.73. The zero-order chi connectivity index (χ0) is 23.9. The van der Waals surface area contributed by atoms with E-state index >= 15 is 0 Å². The summed E-state index contributed by atoms with van der Waals surface area (Å²) in [4.78, 5) is 12.6. The van der Waals surface area contributed by atoms with Gasteiger partial charge in [0.25, 0.3) is 5.91 Å². The Kier molecular flexibility index (Phi) is 7.44. The molecule has 1 amide bonds. The van der Waals surface area contributed by atoms with Crippen LogP contribution >= 0.6 is 11.8 Å². The fraction of sp³-hybridized carbons (Fsp3) is 0.200. The number of para-hydroxylation sites is 1. The van der Waals surface area contributed by atoms with Gasteiger partial charge < -0.3 is 9.73 Å². The number of aromatic nitrogens is 3. The molecule has 0 saturated heterocycles. The van der Waals surface area contributed by atoms with Gasteiger partial charge in [0.05, 0.1) is 18.0 Å². The maximum Gasteiger partial charge on any atom is 0.253 e. The smallest absolute Gasteiger partial charge is 0.253 e. The Bertz CT molecular complexity index is 1260. The molecule has 9 heteroatoms. The summed E-state index contributed by atoms with van der Waals surface area (Å²) in [5.41, 5.74) is 5.68. The fourth-order valence-corrected chi connectivity index (χ4v) is 4.05. The zero-order valence-electron chi connectivity index (χ0n) is 19.2. The molecule has 0 unspecified atom stereocenters. The molecule has 0 bridgehead atoms. The first-order valence-corrected chi connectivity index (χ1v) is 11.7. The highest BCUT2D eigenvalue weighted by atomic mass is 32.2. The minimum absolute atomic E-state index is 0.244. The fourth-order valence-electron chi connectivity index (χ4n) is 3.16. The van der Waals surface area contributed by atoms with Gasteiger partial charge in [0.2, 0.25) is 0 Å². The molecule has 0 saturated carbocycles. The molecule has 0 radical (unpaired) electrons. The van der Waals surface area contributed by atoms with Crippen LogP contribution in [0.15, 0.2) is 81.4 Å². The summed E-state index contributed by atoms with van der Waals surface area (Å²) < 4.78 is 7.38. The van der Waals surface area contributed by atoms with Crippen LogP contribution in [0, 0.1) is 13.8 Å². The molecule has 0 fully saturated rings. The summed E-state index contributed by atoms with van der Waals surface area (Å²) >= 11 is 1.32. The number of amides is 1. The molecule has 4 rings (SSSR count). The first-order valence-electron chi connectivity index (χ1n) is 10.9. The van der Waals surface area contributed by atoms with Crippen molar-refractivity contribution < 1.29 is 9.21 Å². The molecule has 1 atom stereocenters. The molecule has 0 spiro atoms. The number of rotatable bonds is 9. The lowest BCUT2D eigenvalue weighted by atomic mass is 10.2. The number of furan rings is 1. The largest absolute Gasteiger partial charge is 0.460 e. The third-order valence-corrected chi connectivity index (χ3v) is 6.04. The van der Waals surface area contributed by atoms with Crippen LogP contribution in [0.25, 0.3) is 5.69 Å². The number of nitrogens with zero attached hydrogens (tertiary/aromatic N) is 4. The molecule has 2 N–H and O–H groups in total. The molecule has 8 nitrogen and oxygen atoms in total. The number of hydrazone groups is 1. The van der Waals surface area contributed by atoms with E-state index in [4.69, 9.17) is 4.42 Å². The number of hydrogen-bond acceptors (Lipinski definition) is 7. The molecule has 174 valence electrons. The lowest BCUT2D eigenvalue weighted by Crippen LogP contribution is -2.27. The van der Waals surface area contributed by atoms with Crippen LogP contribution in [0.3, 0.4) is 0 Å². The van der Waals surface area contributed by atoms with Crippen LogP contribution in [-0.2, 0) is 11.3 Å². The van der Waals surface area contributed by atoms with E-state index in [1.54, 1.807) is 13.0 Å². The highest BCUT2D eigenvalue weighted by Gasteiger charge is 2.21. The number of carbonyl (C=O) groups excluding carboxylic acids is 1. The van der Waals surface area contributed by atoms with Gasteiger partial charge in [-0.3, -0.25) is 9.36 Å². The first-order chi connectivity index (χ1) is 16.5. The van der Waals surface area contributed by atoms with Crippen molar-refractivity contribution in [2.75, 3.05) is 5.32 Å². The average molecular weight is 475 g/mol. The third-order valence-electron chi connectivity index (χ3n) is 5.00. The van der Waals surface area contributed by atoms with Crippen LogP contribution in [0.4, 0.5) is 5.69 Å². The Morgan fingerprint density at radius 2 is 1.85 bits per heavy atom. The van der Waals surface area contributed by atoms with Crippen molar-refractivity contribution in [1.29, 1.82) is 0 Å². The van der Waals surface area contributed by atoms with E-state index in [1.165, 1.54) is 23.5 Å². The van der Waals surface area contributed by atoms with Gasteiger partial charge in [-0.05, 0) is 57.2 Å². The van der Waals surface area contributed by atoms with E-state index in [0.29, 0.717) is 17.5 Å². The average Bonchev–Trinajstić information content (AvgIpc) is 3.44. The van der Waals surface area contributed by atoms with Gasteiger partial charge in [0.15, 0.2) is 11.0 Å². The third kappa shape index (κ3) is 5.93. The predicted molar refractivity (Wildman–Crippen MR) is 134 cm³/mol. The van der Waals surface area contributed by atoms with Gasteiger partial charge in [-0.15, -0.1) is 10.2 Å². The quantitative estimate of drug-likeness (QED) is 0.207. The lowest BCUT2D eigenvalue weighted by molar-refractivity contribution is -0.120. The summed E-state index contributed by atoms with van der Waals surface area (Å²) in [7, 11) is 0. The number of carbonyl (C=O) groups is 1. The van der Waals surface area contributed by atoms with Crippen molar-refractivity contribution in [2.24, 2.45) is 5.10 Å². The molecule has 2 aromatic carbocycles. The second-order valence-corrected chi connectivity index (χ2v) is 9.04. The van der Waals surface area contributed by atoms with Gasteiger partial charge in [-0.1, -0.05) is 47.7 Å². The van der Waals surface area contributed by atoms with E-state index in [1.807, 2.05) is 60.0 Å². The summed E-state index contributed by atoms with van der Waals surface area (Å²) in [6.45, 7) is 6.20. The highest BCUT2D eigenvalue weighted by molar-refractivity contribution is 8.00. The number of nitrogens with one attached hydrogen (secondary N) is 2. The summed E-state index contributed by atoms with van der Waals surface area (Å²) in [5, 5.41) is 16.3. The molecular formula is C25H26N6O2S. The standard InChI is InChI=1S/C25H26N6O2S/c1-17-9-12-20(13-10-17)26-16-23-28-30-25(31(23)21-7-5-4-6-8-21)34-19(3)24(32)29-27-15-22-14-11-18(2)33-22/h4-15,19,26H,16H2,1-3H3,(H,29,32)/t19-/m0/s1. The van der Waals surface area contributed by atoms with Crippen molar-refractivity contribution >= 4 is 29.6 Å². The molecule has 2 aromatic heterocycles. The van der Waals surface area contributed by atoms with Crippen LogP contribution in [0.1, 0.15) is 29.8 Å². The minimum atomic E-state index is -0.444. The van der Waals surface area contributed by atoms with Gasteiger partial charge in [0.1, 0.15) is 11.5 Å². The Labute approximate surface area is 202 Å². The van der Waals surface area contributed by atoms with Crippen molar-refractivity contribution in [3.05, 3.63) is 89.6 Å². The molecule has 4 aromatic rings. The van der Waals surface area contributed by atoms with E-state index in [9.17, 15) is 4.79 Å². The maximum atomic E-state index is 12.6. The number of anilines is 1. The van der Waals surface area contributed by atoms with E-state index in [2.05, 4.69) is 45.1 Å². The molecule has 0 aliphatic rings. The van der Waals surface area contributed by atoms with Crippen molar-refractivity contribution in [3.63, 3.8) is 0 Å². The zero-order valence-corrected chi connectivity index (χ0v) is 20.0. The van der Waals surface area contributed by atoms with E-state index in [0.717, 1.165) is 23.0 Å². The number of benzene rings is 2. The minimum Gasteiger partial charge on any atom is -0.460 e. The van der Waals surface area contributed by atoms with E-state index in [-0.39, 0.29) is 5.91 Å². The van der Waals surface area contributed by atoms with Crippen LogP contribution in [0.2, 0.25) is 0 Å².